The predicted molar refractivity (Wildman–Crippen MR) is 229 cm³/mol. The van der Waals surface area contributed by atoms with Gasteiger partial charge in [-0.1, -0.05) is 227 Å². The van der Waals surface area contributed by atoms with Crippen molar-refractivity contribution in [3.05, 3.63) is 0 Å². The van der Waals surface area contributed by atoms with Crippen LogP contribution in [0.1, 0.15) is 265 Å². The van der Waals surface area contributed by atoms with E-state index in [9.17, 15) is 14.4 Å². The zero-order valence-electron chi connectivity index (χ0n) is 36.7. The van der Waals surface area contributed by atoms with Gasteiger partial charge in [-0.25, -0.2) is 0 Å². The Morgan fingerprint density at radius 1 is 0.370 bits per heavy atom. The molecule has 0 aliphatic carbocycles. The molecule has 0 radical (unpaired) electrons. The second-order valence-corrected chi connectivity index (χ2v) is 16.6. The number of rotatable bonds is 43. The average Bonchev–Trinajstić information content (AvgIpc) is 3.17. The van der Waals surface area contributed by atoms with E-state index in [1.54, 1.807) is 0 Å². The van der Waals surface area contributed by atoms with Gasteiger partial charge >= 0.3 is 17.9 Å². The first kappa shape index (κ1) is 52.4. The van der Waals surface area contributed by atoms with E-state index in [4.69, 9.17) is 14.2 Å². The Bertz CT molecular complexity index is 813. The molecule has 0 aromatic rings. The topological polar surface area (TPSA) is 78.9 Å². The van der Waals surface area contributed by atoms with Crippen LogP contribution in [0.3, 0.4) is 0 Å². The minimum absolute atomic E-state index is 0.0642. The lowest BCUT2D eigenvalue weighted by Gasteiger charge is -2.18. The van der Waals surface area contributed by atoms with Gasteiger partial charge in [0, 0.05) is 19.3 Å². The first-order chi connectivity index (χ1) is 26.4. The molecule has 0 aromatic heterocycles. The third-order valence-electron chi connectivity index (χ3n) is 11.2. The molecule has 0 saturated carbocycles. The fourth-order valence-electron chi connectivity index (χ4n) is 7.12. The molecule has 0 spiro atoms. The highest BCUT2D eigenvalue weighted by atomic mass is 16.6. The monoisotopic (exact) mass is 765 g/mol. The lowest BCUT2D eigenvalue weighted by molar-refractivity contribution is -0.167. The van der Waals surface area contributed by atoms with Crippen LogP contribution in [0.4, 0.5) is 0 Å². The minimum Gasteiger partial charge on any atom is -0.462 e. The average molecular weight is 765 g/mol. The van der Waals surface area contributed by atoms with Gasteiger partial charge in [-0.15, -0.1) is 0 Å². The number of ether oxygens (including phenoxy) is 3. The molecule has 0 aliphatic rings. The van der Waals surface area contributed by atoms with Gasteiger partial charge in [0.15, 0.2) is 6.10 Å². The first-order valence-electron chi connectivity index (χ1n) is 23.9. The molecule has 0 bridgehead atoms. The van der Waals surface area contributed by atoms with Crippen LogP contribution in [-0.4, -0.2) is 37.2 Å². The van der Waals surface area contributed by atoms with Crippen molar-refractivity contribution in [3.8, 4) is 0 Å². The van der Waals surface area contributed by atoms with Crippen LogP contribution in [-0.2, 0) is 28.6 Å². The summed E-state index contributed by atoms with van der Waals surface area (Å²) in [7, 11) is 0. The Kier molecular flexibility index (Phi) is 41.3. The molecule has 0 saturated heterocycles. The highest BCUT2D eigenvalue weighted by Crippen LogP contribution is 2.17. The summed E-state index contributed by atoms with van der Waals surface area (Å²) in [5.74, 6) is -0.0141. The fraction of sp³-hybridized carbons (Fsp3) is 0.938. The Hall–Kier alpha value is -1.59. The number of carbonyl (C=O) groups is 3. The number of carbonyl (C=O) groups excluding carboxylic acids is 3. The van der Waals surface area contributed by atoms with Crippen molar-refractivity contribution in [2.45, 2.75) is 271 Å². The van der Waals surface area contributed by atoms with Crippen molar-refractivity contribution < 1.29 is 28.6 Å². The molecule has 6 nitrogen and oxygen atoms in total. The molecule has 6 heteroatoms. The van der Waals surface area contributed by atoms with Gasteiger partial charge in [-0.05, 0) is 25.2 Å². The summed E-state index contributed by atoms with van der Waals surface area (Å²) in [5, 5.41) is 0. The molecule has 1 unspecified atom stereocenters. The standard InChI is InChI=1S/C48H92O6/c1-5-8-10-12-14-15-16-17-18-19-20-21-22-23-28-32-36-40-47(50)53-43-45(42-52-46(49)39-35-31-26-13-11-9-6-2)54-48(51)41-37-33-29-25-24-27-30-34-38-44(4)7-3/h44-45H,5-43H2,1-4H3/t44?,45-/m0/s1. The highest BCUT2D eigenvalue weighted by Gasteiger charge is 2.19. The van der Waals surface area contributed by atoms with Crippen LogP contribution >= 0.6 is 0 Å². The van der Waals surface area contributed by atoms with Gasteiger partial charge in [0.25, 0.3) is 0 Å². The van der Waals surface area contributed by atoms with Crippen LogP contribution in [0.5, 0.6) is 0 Å². The van der Waals surface area contributed by atoms with Crippen LogP contribution in [0, 0.1) is 5.92 Å². The van der Waals surface area contributed by atoms with Crippen molar-refractivity contribution in [3.63, 3.8) is 0 Å². The summed E-state index contributed by atoms with van der Waals surface area (Å²) in [4.78, 5) is 37.6. The normalized spacial score (nSPS) is 12.4. The molecular weight excluding hydrogens is 673 g/mol. The molecule has 0 fully saturated rings. The molecule has 0 aliphatic heterocycles. The molecule has 0 amide bonds. The molecule has 0 heterocycles. The van der Waals surface area contributed by atoms with Gasteiger partial charge in [-0.2, -0.15) is 0 Å². The van der Waals surface area contributed by atoms with Crippen molar-refractivity contribution >= 4 is 17.9 Å². The smallest absolute Gasteiger partial charge is 0.306 e. The van der Waals surface area contributed by atoms with Gasteiger partial charge in [0.05, 0.1) is 0 Å². The van der Waals surface area contributed by atoms with Crippen LogP contribution in [0.2, 0.25) is 0 Å². The van der Waals surface area contributed by atoms with E-state index in [2.05, 4.69) is 27.7 Å². The predicted octanol–water partition coefficient (Wildman–Crippen LogP) is 15.1. The van der Waals surface area contributed by atoms with Crippen LogP contribution in [0.15, 0.2) is 0 Å². The molecule has 2 atom stereocenters. The van der Waals surface area contributed by atoms with E-state index in [0.717, 1.165) is 63.7 Å². The summed E-state index contributed by atoms with van der Waals surface area (Å²) in [6, 6.07) is 0. The van der Waals surface area contributed by atoms with Gasteiger partial charge in [0.2, 0.25) is 0 Å². The van der Waals surface area contributed by atoms with E-state index in [0.29, 0.717) is 19.3 Å². The lowest BCUT2D eigenvalue weighted by Crippen LogP contribution is -2.30. The largest absolute Gasteiger partial charge is 0.462 e. The van der Waals surface area contributed by atoms with Gasteiger partial charge in [0.1, 0.15) is 13.2 Å². The quantitative estimate of drug-likeness (QED) is 0.0349. The van der Waals surface area contributed by atoms with E-state index in [-0.39, 0.29) is 31.1 Å². The second kappa shape index (κ2) is 42.6. The molecule has 320 valence electrons. The summed E-state index contributed by atoms with van der Waals surface area (Å²) in [6.07, 6.45) is 42.4. The van der Waals surface area contributed by atoms with Crippen LogP contribution < -0.4 is 0 Å². The van der Waals surface area contributed by atoms with E-state index in [1.165, 1.54) is 161 Å². The number of hydrogen-bond acceptors (Lipinski definition) is 6. The maximum atomic E-state index is 12.7. The van der Waals surface area contributed by atoms with E-state index in [1.807, 2.05) is 0 Å². The third kappa shape index (κ3) is 40.1. The molecule has 54 heavy (non-hydrogen) atoms. The maximum Gasteiger partial charge on any atom is 0.306 e. The molecular formula is C48H92O6. The fourth-order valence-corrected chi connectivity index (χ4v) is 7.12. The first-order valence-corrected chi connectivity index (χ1v) is 23.9. The van der Waals surface area contributed by atoms with E-state index < -0.39 is 6.10 Å². The number of hydrogen-bond donors (Lipinski definition) is 0. The summed E-state index contributed by atoms with van der Waals surface area (Å²) in [6.45, 7) is 8.97. The molecule has 0 aromatic carbocycles. The minimum atomic E-state index is -0.759. The Labute approximate surface area is 336 Å². The zero-order valence-corrected chi connectivity index (χ0v) is 36.7. The van der Waals surface area contributed by atoms with Crippen molar-refractivity contribution in [1.29, 1.82) is 0 Å². The lowest BCUT2D eigenvalue weighted by atomic mass is 9.99. The summed E-state index contributed by atoms with van der Waals surface area (Å²) >= 11 is 0. The highest BCUT2D eigenvalue weighted by molar-refractivity contribution is 5.71. The van der Waals surface area contributed by atoms with E-state index >= 15 is 0 Å². The SMILES string of the molecule is CCCCCCCCCCCCCCCCCCCC(=O)OC[C@H](COC(=O)CCCCCCCCC)OC(=O)CCCCCCCCCCC(C)CC. The zero-order chi connectivity index (χ0) is 39.6. The summed E-state index contributed by atoms with van der Waals surface area (Å²) < 4.78 is 16.7. The van der Waals surface area contributed by atoms with Crippen molar-refractivity contribution in [1.82, 2.24) is 0 Å². The Morgan fingerprint density at radius 3 is 0.963 bits per heavy atom. The van der Waals surface area contributed by atoms with Crippen LogP contribution in [0.25, 0.3) is 0 Å². The summed E-state index contributed by atoms with van der Waals surface area (Å²) in [5.41, 5.74) is 0. The Morgan fingerprint density at radius 2 is 0.648 bits per heavy atom. The number of unbranched alkanes of at least 4 members (excludes halogenated alkanes) is 29. The molecule has 0 N–H and O–H groups in total. The third-order valence-corrected chi connectivity index (χ3v) is 11.2. The number of esters is 3. The maximum absolute atomic E-state index is 12.7. The van der Waals surface area contributed by atoms with Gasteiger partial charge in [-0.3, -0.25) is 14.4 Å². The Balaban J connectivity index is 4.22. The van der Waals surface area contributed by atoms with Gasteiger partial charge < -0.3 is 14.2 Å². The van der Waals surface area contributed by atoms with Crippen molar-refractivity contribution in [2.24, 2.45) is 5.92 Å². The van der Waals surface area contributed by atoms with Crippen molar-refractivity contribution in [2.75, 3.05) is 13.2 Å². The molecule has 0 rings (SSSR count). The second-order valence-electron chi connectivity index (χ2n) is 16.6.